The van der Waals surface area contributed by atoms with Gasteiger partial charge in [-0.1, -0.05) is 38.7 Å². The Balaban J connectivity index is 2.37. The van der Waals surface area contributed by atoms with Gasteiger partial charge in [-0.3, -0.25) is 4.79 Å². The molecule has 3 nitrogen and oxygen atoms in total. The first kappa shape index (κ1) is 16.4. The summed E-state index contributed by atoms with van der Waals surface area (Å²) >= 11 is 1.58. The van der Waals surface area contributed by atoms with Gasteiger partial charge in [-0.15, -0.1) is 0 Å². The Morgan fingerprint density at radius 1 is 1.41 bits per heavy atom. The van der Waals surface area contributed by atoms with Gasteiger partial charge in [0.1, 0.15) is 5.75 Å². The maximum Gasteiger partial charge on any atom is 0.227 e. The molecule has 0 amide bonds. The summed E-state index contributed by atoms with van der Waals surface area (Å²) in [4.78, 5) is 13.8. The number of rotatable bonds is 4. The van der Waals surface area contributed by atoms with Crippen molar-refractivity contribution in [3.05, 3.63) is 52.0 Å². The minimum Gasteiger partial charge on any atom is -0.508 e. The minimum absolute atomic E-state index is 0.0476. The number of ketones is 1. The van der Waals surface area contributed by atoms with E-state index in [4.69, 9.17) is 0 Å². The number of carbonyl (C=O) groups is 1. The first-order chi connectivity index (χ1) is 10.2. The molecule has 1 aromatic heterocycles. The molecule has 0 aliphatic heterocycles. The van der Waals surface area contributed by atoms with Crippen LogP contribution in [0, 0.1) is 6.92 Å². The van der Waals surface area contributed by atoms with Gasteiger partial charge in [-0.2, -0.15) is 4.57 Å². The quantitative estimate of drug-likeness (QED) is 0.687. The highest BCUT2D eigenvalue weighted by atomic mass is 32.1. The molecule has 0 atom stereocenters. The highest BCUT2D eigenvalue weighted by molar-refractivity contribution is 7.10. The van der Waals surface area contributed by atoms with Crippen LogP contribution in [0.5, 0.6) is 5.75 Å². The number of aromatic hydroxyl groups is 1. The number of Topliss-reactive ketones (excluding diaryl/α,β-unsaturated/α-hetero) is 1. The van der Waals surface area contributed by atoms with E-state index >= 15 is 0 Å². The van der Waals surface area contributed by atoms with E-state index in [0.717, 1.165) is 16.1 Å². The topological polar surface area (TPSA) is 41.2 Å². The smallest absolute Gasteiger partial charge is 0.227 e. The van der Waals surface area contributed by atoms with Gasteiger partial charge in [0.05, 0.1) is 4.88 Å². The molecule has 0 saturated heterocycles. The summed E-state index contributed by atoms with van der Waals surface area (Å²) in [5.41, 5.74) is 4.33. The molecule has 0 aliphatic carbocycles. The Hall–Kier alpha value is -1.94. The Morgan fingerprint density at radius 2 is 2.09 bits per heavy atom. The fourth-order valence-electron chi connectivity index (χ4n) is 2.41. The van der Waals surface area contributed by atoms with Gasteiger partial charge >= 0.3 is 0 Å². The number of phenolic OH excluding ortho intramolecular Hbond substituents is 1. The molecule has 0 spiro atoms. The van der Waals surface area contributed by atoms with Crippen molar-refractivity contribution in [2.45, 2.75) is 39.7 Å². The van der Waals surface area contributed by atoms with E-state index in [0.29, 0.717) is 12.1 Å². The van der Waals surface area contributed by atoms with Crippen LogP contribution in [0.3, 0.4) is 0 Å². The molecule has 1 heterocycles. The minimum atomic E-state index is -0.204. The molecule has 2 aromatic rings. The zero-order valence-corrected chi connectivity index (χ0v) is 14.3. The molecule has 0 bridgehead atoms. The highest BCUT2D eigenvalue weighted by Crippen LogP contribution is 2.29. The van der Waals surface area contributed by atoms with Crippen LogP contribution in [-0.2, 0) is 12.0 Å². The van der Waals surface area contributed by atoms with Crippen molar-refractivity contribution >= 4 is 23.2 Å². The lowest BCUT2D eigenvalue weighted by Gasteiger charge is -2.22. The second-order valence-electron chi connectivity index (χ2n) is 6.41. The third kappa shape index (κ3) is 3.28. The highest BCUT2D eigenvalue weighted by Gasteiger charge is 2.25. The third-order valence-electron chi connectivity index (χ3n) is 3.71. The fourth-order valence-corrected chi connectivity index (χ4v) is 3.27. The van der Waals surface area contributed by atoms with Crippen LogP contribution in [0.1, 0.15) is 47.3 Å². The molecule has 0 unspecified atom stereocenters. The van der Waals surface area contributed by atoms with Crippen LogP contribution in [0.2, 0.25) is 0 Å². The van der Waals surface area contributed by atoms with E-state index in [9.17, 15) is 9.90 Å². The van der Waals surface area contributed by atoms with Crippen molar-refractivity contribution in [2.75, 3.05) is 0 Å². The van der Waals surface area contributed by atoms with E-state index < -0.39 is 0 Å². The maximum atomic E-state index is 12.7. The predicted molar refractivity (Wildman–Crippen MR) is 90.5 cm³/mol. The molecule has 1 N–H and O–H groups in total. The standard InChI is InChI=1S/C18H21NO2S/c1-6-17-12(2)19(11-22-17)10-16(21)14-8-7-13(20)9-15(14)18(3,4)5/h6-9,11H,1,10H2,2-5H3/p+1. The Bertz CT molecular complexity index is 723. The normalized spacial score (nSPS) is 11.5. The molecule has 0 saturated carbocycles. The Kier molecular flexibility index (Phi) is 4.52. The van der Waals surface area contributed by atoms with Crippen molar-refractivity contribution in [1.82, 2.24) is 0 Å². The first-order valence-corrected chi connectivity index (χ1v) is 8.08. The molecule has 4 heteroatoms. The van der Waals surface area contributed by atoms with Crippen LogP contribution in [0.25, 0.3) is 6.08 Å². The van der Waals surface area contributed by atoms with Gasteiger partial charge < -0.3 is 5.11 Å². The second kappa shape index (κ2) is 6.05. The number of phenols is 1. The van der Waals surface area contributed by atoms with E-state index in [-0.39, 0.29) is 16.9 Å². The predicted octanol–water partition coefficient (Wildman–Crippen LogP) is 3.87. The molecule has 116 valence electrons. The van der Waals surface area contributed by atoms with E-state index in [1.54, 1.807) is 29.5 Å². The largest absolute Gasteiger partial charge is 0.508 e. The molecule has 0 fully saturated rings. The van der Waals surface area contributed by atoms with Gasteiger partial charge in [0.25, 0.3) is 0 Å². The van der Waals surface area contributed by atoms with E-state index in [1.165, 1.54) is 0 Å². The zero-order valence-electron chi connectivity index (χ0n) is 13.5. The van der Waals surface area contributed by atoms with Crippen molar-refractivity contribution in [3.63, 3.8) is 0 Å². The van der Waals surface area contributed by atoms with Crippen molar-refractivity contribution < 1.29 is 14.5 Å². The Morgan fingerprint density at radius 3 is 2.64 bits per heavy atom. The van der Waals surface area contributed by atoms with Crippen molar-refractivity contribution in [1.29, 1.82) is 0 Å². The van der Waals surface area contributed by atoms with Crippen molar-refractivity contribution in [3.8, 4) is 5.75 Å². The summed E-state index contributed by atoms with van der Waals surface area (Å²) in [5.74, 6) is 0.237. The number of hydrogen-bond donors (Lipinski definition) is 1. The number of aromatic nitrogens is 1. The van der Waals surface area contributed by atoms with Crippen LogP contribution in [-0.4, -0.2) is 10.9 Å². The van der Waals surface area contributed by atoms with Crippen LogP contribution in [0.15, 0.2) is 30.3 Å². The molecule has 0 radical (unpaired) electrons. The number of nitrogens with zero attached hydrogens (tertiary/aromatic N) is 1. The van der Waals surface area contributed by atoms with Crippen LogP contribution in [0.4, 0.5) is 0 Å². The summed E-state index contributed by atoms with van der Waals surface area (Å²) in [6, 6.07) is 4.98. The maximum absolute atomic E-state index is 12.7. The van der Waals surface area contributed by atoms with Crippen molar-refractivity contribution in [2.24, 2.45) is 0 Å². The average molecular weight is 316 g/mol. The third-order valence-corrected chi connectivity index (χ3v) is 4.78. The molecule has 1 aromatic carbocycles. The number of carbonyl (C=O) groups excluding carboxylic acids is 1. The number of benzene rings is 1. The van der Waals surface area contributed by atoms with Crippen LogP contribution >= 0.6 is 11.3 Å². The molecular formula is C18H22NO2S+. The first-order valence-electron chi connectivity index (χ1n) is 7.20. The zero-order chi connectivity index (χ0) is 16.5. The molecular weight excluding hydrogens is 294 g/mol. The lowest BCUT2D eigenvalue weighted by molar-refractivity contribution is -0.684. The van der Waals surface area contributed by atoms with Gasteiger partial charge in [-0.25, -0.2) is 0 Å². The molecule has 22 heavy (non-hydrogen) atoms. The number of thiazole rings is 1. The SMILES string of the molecule is C=Cc1sc[n+](CC(=O)c2ccc(O)cc2C(C)(C)C)c1C. The van der Waals surface area contributed by atoms with Crippen LogP contribution < -0.4 is 4.57 Å². The summed E-state index contributed by atoms with van der Waals surface area (Å²) in [5, 5.41) is 9.73. The lowest BCUT2D eigenvalue weighted by Crippen LogP contribution is -2.39. The van der Waals surface area contributed by atoms with Gasteiger partial charge in [0.15, 0.2) is 5.69 Å². The second-order valence-corrected chi connectivity index (χ2v) is 7.29. The molecule has 0 aliphatic rings. The average Bonchev–Trinajstić information content (AvgIpc) is 2.78. The van der Waals surface area contributed by atoms with E-state index in [2.05, 4.69) is 6.58 Å². The van der Waals surface area contributed by atoms with Gasteiger partial charge in [0, 0.05) is 12.5 Å². The summed E-state index contributed by atoms with van der Waals surface area (Å²) in [7, 11) is 0. The fraction of sp³-hybridized carbons (Fsp3) is 0.333. The summed E-state index contributed by atoms with van der Waals surface area (Å²) in [6.07, 6.45) is 1.81. The Labute approximate surface area is 135 Å². The summed E-state index contributed by atoms with van der Waals surface area (Å²) in [6.45, 7) is 12.2. The molecule has 2 rings (SSSR count). The van der Waals surface area contributed by atoms with Gasteiger partial charge in [0.2, 0.25) is 17.8 Å². The monoisotopic (exact) mass is 316 g/mol. The number of hydrogen-bond acceptors (Lipinski definition) is 3. The lowest BCUT2D eigenvalue weighted by atomic mass is 9.82. The summed E-state index contributed by atoms with van der Waals surface area (Å²) < 4.78 is 1.95. The van der Waals surface area contributed by atoms with E-state index in [1.807, 2.05) is 43.8 Å². The van der Waals surface area contributed by atoms with Gasteiger partial charge in [-0.05, 0) is 35.3 Å².